The fraction of sp³-hybridized carbons (Fsp3) is 0.238. The maximum absolute atomic E-state index is 13.8. The van der Waals surface area contributed by atoms with Crippen LogP contribution in [0.2, 0.25) is 0 Å². The highest BCUT2D eigenvalue weighted by Gasteiger charge is 2.27. The van der Waals surface area contributed by atoms with Crippen LogP contribution >= 0.6 is 0 Å². The first-order valence-corrected chi connectivity index (χ1v) is 10.8. The zero-order valence-electron chi connectivity index (χ0n) is 16.0. The van der Waals surface area contributed by atoms with Gasteiger partial charge in [0.05, 0.1) is 17.7 Å². The zero-order chi connectivity index (χ0) is 21.0. The molecule has 4 rings (SSSR count). The van der Waals surface area contributed by atoms with Gasteiger partial charge in [-0.3, -0.25) is 0 Å². The number of nitrogens with zero attached hydrogens (tertiary/aromatic N) is 1. The van der Waals surface area contributed by atoms with Gasteiger partial charge in [-0.15, -0.1) is 0 Å². The summed E-state index contributed by atoms with van der Waals surface area (Å²) < 4.78 is 63.4. The van der Waals surface area contributed by atoms with Crippen molar-refractivity contribution in [2.45, 2.75) is 11.4 Å². The normalized spacial score (nSPS) is 13.4. The quantitative estimate of drug-likeness (QED) is 0.541. The van der Waals surface area contributed by atoms with Crippen molar-refractivity contribution in [1.82, 2.24) is 4.31 Å². The van der Waals surface area contributed by atoms with Crippen molar-refractivity contribution in [1.29, 1.82) is 0 Å². The molecule has 0 bridgehead atoms. The number of ether oxygens (including phenoxy) is 3. The molecule has 0 spiro atoms. The van der Waals surface area contributed by atoms with E-state index >= 15 is 0 Å². The molecule has 158 valence electrons. The lowest BCUT2D eigenvalue weighted by molar-refractivity contribution is 0.171. The summed E-state index contributed by atoms with van der Waals surface area (Å²) in [6.45, 7) is 0.724. The number of benzene rings is 2. The lowest BCUT2D eigenvalue weighted by Gasteiger charge is -2.23. The van der Waals surface area contributed by atoms with Crippen LogP contribution in [0, 0.1) is 5.82 Å². The molecule has 0 unspecified atom stereocenters. The van der Waals surface area contributed by atoms with E-state index in [1.165, 1.54) is 34.8 Å². The molecule has 0 atom stereocenters. The van der Waals surface area contributed by atoms with Crippen LogP contribution in [0.15, 0.2) is 70.2 Å². The third-order valence-corrected chi connectivity index (χ3v) is 6.34. The van der Waals surface area contributed by atoms with Crippen molar-refractivity contribution in [3.63, 3.8) is 0 Å². The van der Waals surface area contributed by atoms with Crippen LogP contribution in [0.25, 0.3) is 0 Å². The summed E-state index contributed by atoms with van der Waals surface area (Å²) in [7, 11) is -3.91. The first kappa shape index (κ1) is 20.2. The summed E-state index contributed by atoms with van der Waals surface area (Å²) in [6.07, 6.45) is 1.47. The van der Waals surface area contributed by atoms with Gasteiger partial charge in [0.25, 0.3) is 0 Å². The van der Waals surface area contributed by atoms with Gasteiger partial charge in [-0.05, 0) is 36.4 Å². The molecule has 1 aromatic heterocycles. The molecule has 2 heterocycles. The lowest BCUT2D eigenvalue weighted by atomic mass is 10.3. The first-order valence-electron chi connectivity index (χ1n) is 9.33. The number of halogens is 1. The third-order valence-electron chi connectivity index (χ3n) is 4.50. The Morgan fingerprint density at radius 2 is 1.80 bits per heavy atom. The van der Waals surface area contributed by atoms with Gasteiger partial charge >= 0.3 is 0 Å². The van der Waals surface area contributed by atoms with Crippen LogP contribution in [-0.2, 0) is 16.6 Å². The lowest BCUT2D eigenvalue weighted by Crippen LogP contribution is -2.34. The van der Waals surface area contributed by atoms with E-state index in [9.17, 15) is 12.8 Å². The molecule has 30 heavy (non-hydrogen) atoms. The number of hydrogen-bond donors (Lipinski definition) is 0. The van der Waals surface area contributed by atoms with Crippen molar-refractivity contribution >= 4 is 10.0 Å². The van der Waals surface area contributed by atoms with Gasteiger partial charge < -0.3 is 18.6 Å². The number of para-hydroxylation sites is 1. The number of furan rings is 1. The Morgan fingerprint density at radius 3 is 2.57 bits per heavy atom. The standard InChI is InChI=1S/C21H20FNO6S/c22-18-5-1-2-6-19(18)27-11-9-23(15-16-4-3-10-26-16)30(24,25)17-7-8-20-21(14-17)29-13-12-28-20/h1-8,10,14H,9,11-13,15H2. The molecule has 0 aliphatic carbocycles. The van der Waals surface area contributed by atoms with E-state index in [-0.39, 0.29) is 30.3 Å². The van der Waals surface area contributed by atoms with Gasteiger partial charge in [-0.2, -0.15) is 4.31 Å². The van der Waals surface area contributed by atoms with Crippen molar-refractivity contribution in [2.75, 3.05) is 26.4 Å². The van der Waals surface area contributed by atoms with Gasteiger partial charge in [0.2, 0.25) is 10.0 Å². The van der Waals surface area contributed by atoms with Gasteiger partial charge in [-0.1, -0.05) is 12.1 Å². The molecule has 0 saturated heterocycles. The van der Waals surface area contributed by atoms with E-state index in [1.54, 1.807) is 30.3 Å². The molecule has 0 N–H and O–H groups in total. The summed E-state index contributed by atoms with van der Waals surface area (Å²) in [5, 5.41) is 0. The monoisotopic (exact) mass is 433 g/mol. The van der Waals surface area contributed by atoms with Crippen LogP contribution in [0.3, 0.4) is 0 Å². The highest BCUT2D eigenvalue weighted by atomic mass is 32.2. The van der Waals surface area contributed by atoms with E-state index in [4.69, 9.17) is 18.6 Å². The molecule has 9 heteroatoms. The summed E-state index contributed by atoms with van der Waals surface area (Å²) in [5.74, 6) is 0.905. The number of fused-ring (bicyclic) bond motifs is 1. The summed E-state index contributed by atoms with van der Waals surface area (Å²) in [4.78, 5) is 0.0594. The highest BCUT2D eigenvalue weighted by molar-refractivity contribution is 7.89. The first-order chi connectivity index (χ1) is 14.5. The Labute approximate surface area is 173 Å². The summed E-state index contributed by atoms with van der Waals surface area (Å²) >= 11 is 0. The number of hydrogen-bond acceptors (Lipinski definition) is 6. The Hall–Kier alpha value is -3.04. The molecule has 1 aliphatic heterocycles. The molecular formula is C21H20FNO6S. The van der Waals surface area contributed by atoms with Crippen molar-refractivity contribution in [2.24, 2.45) is 0 Å². The average molecular weight is 433 g/mol. The predicted octanol–water partition coefficient (Wildman–Crippen LogP) is 3.46. The molecule has 0 amide bonds. The smallest absolute Gasteiger partial charge is 0.243 e. The fourth-order valence-electron chi connectivity index (χ4n) is 3.01. The Balaban J connectivity index is 1.55. The zero-order valence-corrected chi connectivity index (χ0v) is 16.8. The molecule has 7 nitrogen and oxygen atoms in total. The minimum atomic E-state index is -3.91. The molecule has 0 saturated carbocycles. The second-order valence-electron chi connectivity index (χ2n) is 6.50. The molecule has 1 aliphatic rings. The molecule has 3 aromatic rings. The van der Waals surface area contributed by atoms with E-state index in [2.05, 4.69) is 0 Å². The van der Waals surface area contributed by atoms with E-state index in [1.807, 2.05) is 0 Å². The number of rotatable bonds is 8. The van der Waals surface area contributed by atoms with E-state index < -0.39 is 15.8 Å². The Bertz CT molecular complexity index is 1100. The average Bonchev–Trinajstić information content (AvgIpc) is 3.27. The topological polar surface area (TPSA) is 78.2 Å². The maximum atomic E-state index is 13.8. The fourth-order valence-corrected chi connectivity index (χ4v) is 4.42. The Kier molecular flexibility index (Phi) is 5.91. The number of sulfonamides is 1. The van der Waals surface area contributed by atoms with Crippen molar-refractivity contribution in [3.05, 3.63) is 72.4 Å². The second-order valence-corrected chi connectivity index (χ2v) is 8.44. The SMILES string of the molecule is O=S(=O)(c1ccc2c(c1)OCCO2)N(CCOc1ccccc1F)Cc1ccco1. The summed E-state index contributed by atoms with van der Waals surface area (Å²) in [6, 6.07) is 13.8. The van der Waals surface area contributed by atoms with Crippen LogP contribution in [0.1, 0.15) is 5.76 Å². The van der Waals surface area contributed by atoms with Crippen LogP contribution in [0.4, 0.5) is 4.39 Å². The van der Waals surface area contributed by atoms with Crippen LogP contribution in [-0.4, -0.2) is 39.1 Å². The molecule has 2 aromatic carbocycles. The van der Waals surface area contributed by atoms with Gasteiger partial charge in [0, 0.05) is 12.6 Å². The van der Waals surface area contributed by atoms with Gasteiger partial charge in [0.1, 0.15) is 25.6 Å². The van der Waals surface area contributed by atoms with Crippen LogP contribution < -0.4 is 14.2 Å². The van der Waals surface area contributed by atoms with Crippen LogP contribution in [0.5, 0.6) is 17.2 Å². The minimum absolute atomic E-state index is 0.00437. The van der Waals surface area contributed by atoms with Gasteiger partial charge in [-0.25, -0.2) is 12.8 Å². The third kappa shape index (κ3) is 4.42. The molecule has 0 radical (unpaired) electrons. The summed E-state index contributed by atoms with van der Waals surface area (Å²) in [5.41, 5.74) is 0. The second kappa shape index (κ2) is 8.76. The largest absolute Gasteiger partial charge is 0.489 e. The Morgan fingerprint density at radius 1 is 1.00 bits per heavy atom. The maximum Gasteiger partial charge on any atom is 0.243 e. The van der Waals surface area contributed by atoms with Gasteiger partial charge in [0.15, 0.2) is 23.1 Å². The van der Waals surface area contributed by atoms with E-state index in [0.717, 1.165) is 0 Å². The van der Waals surface area contributed by atoms with Crippen molar-refractivity contribution < 1.29 is 31.4 Å². The van der Waals surface area contributed by atoms with E-state index in [0.29, 0.717) is 30.5 Å². The minimum Gasteiger partial charge on any atom is -0.489 e. The molecular weight excluding hydrogens is 413 g/mol. The highest BCUT2D eigenvalue weighted by Crippen LogP contribution is 2.33. The van der Waals surface area contributed by atoms with Crippen molar-refractivity contribution in [3.8, 4) is 17.2 Å². The molecule has 0 fully saturated rings. The predicted molar refractivity (Wildman–Crippen MR) is 106 cm³/mol.